The van der Waals surface area contributed by atoms with Gasteiger partial charge in [0.2, 0.25) is 0 Å². The van der Waals surface area contributed by atoms with Gasteiger partial charge in [-0.2, -0.15) is 0 Å². The lowest BCUT2D eigenvalue weighted by Gasteiger charge is -2.22. The zero-order valence-corrected chi connectivity index (χ0v) is 12.9. The molecule has 0 aliphatic carbocycles. The van der Waals surface area contributed by atoms with Crippen LogP contribution in [0.25, 0.3) is 0 Å². The number of carbonyl (C=O) groups excluding carboxylic acids is 1. The van der Waals surface area contributed by atoms with E-state index in [0.29, 0.717) is 12.3 Å². The number of hydrogen-bond acceptors (Lipinski definition) is 5. The number of nitrogens with one attached hydrogen (secondary N) is 1. The average Bonchev–Trinajstić information content (AvgIpc) is 3.00. The summed E-state index contributed by atoms with van der Waals surface area (Å²) >= 11 is 0. The number of furan rings is 1. The second-order valence-corrected chi connectivity index (χ2v) is 5.09. The highest BCUT2D eigenvalue weighted by atomic mass is 16.5. The Kier molecular flexibility index (Phi) is 5.06. The van der Waals surface area contributed by atoms with Crippen LogP contribution >= 0.6 is 0 Å². The van der Waals surface area contributed by atoms with Crippen LogP contribution in [-0.2, 0) is 0 Å². The number of benzene rings is 1. The lowest BCUT2D eigenvalue weighted by atomic mass is 10.1. The van der Waals surface area contributed by atoms with Crippen LogP contribution in [0, 0.1) is 0 Å². The first-order valence-corrected chi connectivity index (χ1v) is 6.88. The zero-order chi connectivity index (χ0) is 16.1. The van der Waals surface area contributed by atoms with Crippen molar-refractivity contribution in [2.75, 3.05) is 27.7 Å². The zero-order valence-electron chi connectivity index (χ0n) is 12.9. The molecule has 0 saturated heterocycles. The van der Waals surface area contributed by atoms with Gasteiger partial charge in [0.1, 0.15) is 17.3 Å². The number of phenolic OH excluding ortho intramolecular Hbond substituents is 1. The van der Waals surface area contributed by atoms with Crippen molar-refractivity contribution in [2.45, 2.75) is 6.04 Å². The summed E-state index contributed by atoms with van der Waals surface area (Å²) < 4.78 is 10.4. The molecule has 1 aromatic carbocycles. The van der Waals surface area contributed by atoms with E-state index in [4.69, 9.17) is 9.15 Å². The minimum Gasteiger partial charge on any atom is -0.507 e. The molecule has 0 saturated carbocycles. The van der Waals surface area contributed by atoms with E-state index < -0.39 is 0 Å². The van der Waals surface area contributed by atoms with Crippen molar-refractivity contribution in [1.82, 2.24) is 10.2 Å². The normalized spacial score (nSPS) is 12.2. The van der Waals surface area contributed by atoms with Crippen molar-refractivity contribution < 1.29 is 19.1 Å². The molecular weight excluding hydrogens is 284 g/mol. The van der Waals surface area contributed by atoms with Gasteiger partial charge in [0.25, 0.3) is 5.91 Å². The van der Waals surface area contributed by atoms with E-state index in [1.165, 1.54) is 19.2 Å². The van der Waals surface area contributed by atoms with Crippen LogP contribution in [0.5, 0.6) is 11.5 Å². The summed E-state index contributed by atoms with van der Waals surface area (Å²) in [7, 11) is 5.31. The molecule has 1 unspecified atom stereocenters. The fourth-order valence-corrected chi connectivity index (χ4v) is 2.13. The van der Waals surface area contributed by atoms with Gasteiger partial charge in [-0.3, -0.25) is 9.69 Å². The second-order valence-electron chi connectivity index (χ2n) is 5.09. The van der Waals surface area contributed by atoms with Crippen LogP contribution < -0.4 is 10.1 Å². The van der Waals surface area contributed by atoms with E-state index >= 15 is 0 Å². The number of aromatic hydroxyl groups is 1. The van der Waals surface area contributed by atoms with Crippen molar-refractivity contribution in [2.24, 2.45) is 0 Å². The predicted molar refractivity (Wildman–Crippen MR) is 82.1 cm³/mol. The highest BCUT2D eigenvalue weighted by molar-refractivity contribution is 5.97. The molecule has 1 heterocycles. The first-order chi connectivity index (χ1) is 10.5. The average molecular weight is 304 g/mol. The molecule has 0 aliphatic rings. The van der Waals surface area contributed by atoms with Gasteiger partial charge in [-0.05, 0) is 38.4 Å². The molecule has 1 atom stereocenters. The van der Waals surface area contributed by atoms with Gasteiger partial charge in [0, 0.05) is 12.6 Å². The summed E-state index contributed by atoms with van der Waals surface area (Å²) in [6.07, 6.45) is 1.60. The van der Waals surface area contributed by atoms with Crippen LogP contribution in [0.3, 0.4) is 0 Å². The Bertz CT molecular complexity index is 623. The Morgan fingerprint density at radius 2 is 2.18 bits per heavy atom. The Morgan fingerprint density at radius 3 is 2.73 bits per heavy atom. The van der Waals surface area contributed by atoms with Crippen LogP contribution in [0.2, 0.25) is 0 Å². The minimum atomic E-state index is -0.349. The van der Waals surface area contributed by atoms with Crippen LogP contribution in [0.15, 0.2) is 41.0 Å². The molecule has 22 heavy (non-hydrogen) atoms. The van der Waals surface area contributed by atoms with Gasteiger partial charge in [-0.15, -0.1) is 0 Å². The van der Waals surface area contributed by atoms with E-state index in [0.717, 1.165) is 5.76 Å². The minimum absolute atomic E-state index is 0.0839. The SMILES string of the molecule is COc1ccc(C(=O)NCC(c2ccco2)N(C)C)c(O)c1. The van der Waals surface area contributed by atoms with Gasteiger partial charge in [0.05, 0.1) is 25.0 Å². The number of nitrogens with zero attached hydrogens (tertiary/aromatic N) is 1. The molecule has 2 N–H and O–H groups in total. The maximum absolute atomic E-state index is 12.2. The molecule has 0 fully saturated rings. The molecular formula is C16H20N2O4. The maximum Gasteiger partial charge on any atom is 0.255 e. The first kappa shape index (κ1) is 15.9. The summed E-state index contributed by atoms with van der Waals surface area (Å²) in [6, 6.07) is 8.15. The third-order valence-corrected chi connectivity index (χ3v) is 3.40. The Hall–Kier alpha value is -2.47. The monoisotopic (exact) mass is 304 g/mol. The molecule has 118 valence electrons. The van der Waals surface area contributed by atoms with Gasteiger partial charge >= 0.3 is 0 Å². The third kappa shape index (κ3) is 3.59. The number of methoxy groups -OCH3 is 1. The molecule has 2 aromatic rings. The molecule has 0 spiro atoms. The van der Waals surface area contributed by atoms with E-state index in [1.54, 1.807) is 12.3 Å². The molecule has 0 radical (unpaired) electrons. The molecule has 1 amide bonds. The van der Waals surface area contributed by atoms with E-state index in [-0.39, 0.29) is 23.3 Å². The van der Waals surface area contributed by atoms with E-state index in [2.05, 4.69) is 5.32 Å². The molecule has 6 nitrogen and oxygen atoms in total. The van der Waals surface area contributed by atoms with Crippen LogP contribution in [0.4, 0.5) is 0 Å². The van der Waals surface area contributed by atoms with Gasteiger partial charge < -0.3 is 19.6 Å². The number of phenols is 1. The smallest absolute Gasteiger partial charge is 0.255 e. The van der Waals surface area contributed by atoms with E-state index in [9.17, 15) is 9.90 Å². The lowest BCUT2D eigenvalue weighted by molar-refractivity contribution is 0.0936. The van der Waals surface area contributed by atoms with Gasteiger partial charge in [-0.25, -0.2) is 0 Å². The van der Waals surface area contributed by atoms with E-state index in [1.807, 2.05) is 31.1 Å². The molecule has 0 aliphatic heterocycles. The fraction of sp³-hybridized carbons (Fsp3) is 0.312. The molecule has 2 rings (SSSR count). The first-order valence-electron chi connectivity index (χ1n) is 6.88. The molecule has 1 aromatic heterocycles. The molecule has 6 heteroatoms. The Morgan fingerprint density at radius 1 is 1.41 bits per heavy atom. The summed E-state index contributed by atoms with van der Waals surface area (Å²) in [5.41, 5.74) is 0.206. The highest BCUT2D eigenvalue weighted by Gasteiger charge is 2.19. The standard InChI is InChI=1S/C16H20N2O4/c1-18(2)13(15-5-4-8-22-15)10-17-16(20)12-7-6-11(21-3)9-14(12)19/h4-9,13,19H,10H2,1-3H3,(H,17,20). The van der Waals surface area contributed by atoms with Crippen molar-refractivity contribution in [3.05, 3.63) is 47.9 Å². The third-order valence-electron chi connectivity index (χ3n) is 3.40. The number of amides is 1. The number of likely N-dealkylation sites (N-methyl/N-ethyl adjacent to an activating group) is 1. The van der Waals surface area contributed by atoms with Crippen molar-refractivity contribution >= 4 is 5.91 Å². The predicted octanol–water partition coefficient (Wildman–Crippen LogP) is 2.03. The lowest BCUT2D eigenvalue weighted by Crippen LogP contribution is -2.34. The molecule has 0 bridgehead atoms. The Balaban J connectivity index is 2.05. The second kappa shape index (κ2) is 7.00. The number of carbonyl (C=O) groups is 1. The highest BCUT2D eigenvalue weighted by Crippen LogP contribution is 2.23. The topological polar surface area (TPSA) is 74.9 Å². The number of hydrogen-bond donors (Lipinski definition) is 2. The summed E-state index contributed by atoms with van der Waals surface area (Å²) in [4.78, 5) is 14.2. The van der Waals surface area contributed by atoms with Gasteiger partial charge in [0.15, 0.2) is 0 Å². The van der Waals surface area contributed by atoms with Crippen molar-refractivity contribution in [1.29, 1.82) is 0 Å². The van der Waals surface area contributed by atoms with Crippen LogP contribution in [0.1, 0.15) is 22.2 Å². The summed E-state index contributed by atoms with van der Waals surface area (Å²) in [6.45, 7) is 0.366. The Labute approximate surface area is 129 Å². The fourth-order valence-electron chi connectivity index (χ4n) is 2.13. The maximum atomic E-state index is 12.2. The van der Waals surface area contributed by atoms with Crippen LogP contribution in [-0.4, -0.2) is 43.7 Å². The summed E-state index contributed by atoms with van der Waals surface area (Å²) in [5.74, 6) is 0.801. The van der Waals surface area contributed by atoms with Crippen molar-refractivity contribution in [3.63, 3.8) is 0 Å². The summed E-state index contributed by atoms with van der Waals surface area (Å²) in [5, 5.41) is 12.7. The largest absolute Gasteiger partial charge is 0.507 e. The number of rotatable bonds is 6. The van der Waals surface area contributed by atoms with Gasteiger partial charge in [-0.1, -0.05) is 0 Å². The number of ether oxygens (including phenoxy) is 1. The van der Waals surface area contributed by atoms with Crippen molar-refractivity contribution in [3.8, 4) is 11.5 Å². The quantitative estimate of drug-likeness (QED) is 0.854.